The highest BCUT2D eigenvalue weighted by atomic mass is 32.2. The Kier molecular flexibility index (Phi) is 9.33. The van der Waals surface area contributed by atoms with Crippen LogP contribution in [0.15, 0.2) is 47.4 Å². The van der Waals surface area contributed by atoms with Crippen LogP contribution in [-0.4, -0.2) is 44.9 Å². The average Bonchev–Trinajstić information content (AvgIpc) is 2.77. The van der Waals surface area contributed by atoms with Gasteiger partial charge in [-0.25, -0.2) is 8.42 Å². The van der Waals surface area contributed by atoms with Gasteiger partial charge < -0.3 is 14.8 Å². The molecule has 0 atom stereocenters. The standard InChI is InChI=1S/C23H32N2O5S/c1-5-14-29-21-13-12-19(17-22(21)30-15-6-2)24-23(26)18-10-9-11-20(16-18)31(27,28)25(7-3)8-4/h9-13,16-17H,5-8,14-15H2,1-4H3,(H,24,26). The van der Waals surface area contributed by atoms with Gasteiger partial charge in [-0.3, -0.25) is 4.79 Å². The molecule has 2 aromatic carbocycles. The third-order valence-corrected chi connectivity index (χ3v) is 6.61. The van der Waals surface area contributed by atoms with E-state index in [4.69, 9.17) is 9.47 Å². The minimum absolute atomic E-state index is 0.0964. The summed E-state index contributed by atoms with van der Waals surface area (Å²) in [6, 6.07) is 11.3. The van der Waals surface area contributed by atoms with Crippen molar-refractivity contribution in [1.82, 2.24) is 4.31 Å². The van der Waals surface area contributed by atoms with Crippen molar-refractivity contribution in [3.8, 4) is 11.5 Å². The molecular weight excluding hydrogens is 416 g/mol. The van der Waals surface area contributed by atoms with E-state index in [1.54, 1.807) is 44.2 Å². The second kappa shape index (κ2) is 11.7. The van der Waals surface area contributed by atoms with Gasteiger partial charge >= 0.3 is 0 Å². The highest BCUT2D eigenvalue weighted by Gasteiger charge is 2.22. The number of ether oxygens (including phenoxy) is 2. The molecule has 0 heterocycles. The fourth-order valence-electron chi connectivity index (χ4n) is 2.96. The lowest BCUT2D eigenvalue weighted by Crippen LogP contribution is -2.30. The first-order chi connectivity index (χ1) is 14.9. The van der Waals surface area contributed by atoms with Crippen LogP contribution in [0.25, 0.3) is 0 Å². The molecule has 0 fully saturated rings. The molecule has 0 spiro atoms. The lowest BCUT2D eigenvalue weighted by molar-refractivity contribution is 0.102. The average molecular weight is 449 g/mol. The molecular formula is C23H32N2O5S. The Morgan fingerprint density at radius 1 is 0.903 bits per heavy atom. The highest BCUT2D eigenvalue weighted by Crippen LogP contribution is 2.31. The summed E-state index contributed by atoms with van der Waals surface area (Å²) in [4.78, 5) is 12.9. The van der Waals surface area contributed by atoms with Crippen molar-refractivity contribution < 1.29 is 22.7 Å². The molecule has 7 nitrogen and oxygen atoms in total. The Hall–Kier alpha value is -2.58. The molecule has 0 saturated carbocycles. The van der Waals surface area contributed by atoms with Crippen LogP contribution >= 0.6 is 0 Å². The van der Waals surface area contributed by atoms with Crippen molar-refractivity contribution in [2.24, 2.45) is 0 Å². The van der Waals surface area contributed by atoms with Crippen LogP contribution in [0, 0.1) is 0 Å². The minimum atomic E-state index is -3.64. The summed E-state index contributed by atoms with van der Waals surface area (Å²) in [5, 5.41) is 2.81. The molecule has 2 aromatic rings. The summed E-state index contributed by atoms with van der Waals surface area (Å²) in [5.74, 6) is 0.784. The van der Waals surface area contributed by atoms with Gasteiger partial charge in [-0.2, -0.15) is 4.31 Å². The fraction of sp³-hybridized carbons (Fsp3) is 0.435. The lowest BCUT2D eigenvalue weighted by Gasteiger charge is -2.18. The smallest absolute Gasteiger partial charge is 0.255 e. The Morgan fingerprint density at radius 2 is 1.55 bits per heavy atom. The molecule has 2 rings (SSSR count). The van der Waals surface area contributed by atoms with Crippen molar-refractivity contribution in [2.45, 2.75) is 45.4 Å². The van der Waals surface area contributed by atoms with Gasteiger partial charge in [0.1, 0.15) is 0 Å². The van der Waals surface area contributed by atoms with Gasteiger partial charge in [0, 0.05) is 30.4 Å². The zero-order chi connectivity index (χ0) is 22.9. The van der Waals surface area contributed by atoms with Crippen LogP contribution in [0.3, 0.4) is 0 Å². The summed E-state index contributed by atoms with van der Waals surface area (Å²) >= 11 is 0. The summed E-state index contributed by atoms with van der Waals surface area (Å²) in [6.45, 7) is 9.43. The Balaban J connectivity index is 2.25. The molecule has 0 bridgehead atoms. The van der Waals surface area contributed by atoms with Crippen LogP contribution < -0.4 is 14.8 Å². The number of amides is 1. The van der Waals surface area contributed by atoms with Crippen LogP contribution in [0.4, 0.5) is 5.69 Å². The van der Waals surface area contributed by atoms with E-state index in [-0.39, 0.29) is 10.5 Å². The number of carbonyl (C=O) groups excluding carboxylic acids is 1. The number of hydrogen-bond acceptors (Lipinski definition) is 5. The van der Waals surface area contributed by atoms with E-state index in [0.29, 0.717) is 43.5 Å². The van der Waals surface area contributed by atoms with Crippen LogP contribution in [0.5, 0.6) is 11.5 Å². The zero-order valence-corrected chi connectivity index (χ0v) is 19.5. The molecule has 8 heteroatoms. The van der Waals surface area contributed by atoms with E-state index < -0.39 is 15.9 Å². The Bertz CT molecular complexity index is 972. The Morgan fingerprint density at radius 3 is 2.16 bits per heavy atom. The van der Waals surface area contributed by atoms with Crippen molar-refractivity contribution in [2.75, 3.05) is 31.6 Å². The van der Waals surface area contributed by atoms with Gasteiger partial charge in [0.15, 0.2) is 11.5 Å². The number of carbonyl (C=O) groups is 1. The van der Waals surface area contributed by atoms with E-state index in [9.17, 15) is 13.2 Å². The summed E-state index contributed by atoms with van der Waals surface area (Å²) in [6.07, 6.45) is 1.72. The highest BCUT2D eigenvalue weighted by molar-refractivity contribution is 7.89. The molecule has 0 aliphatic heterocycles. The molecule has 0 aliphatic carbocycles. The number of nitrogens with one attached hydrogen (secondary N) is 1. The SMILES string of the molecule is CCCOc1ccc(NC(=O)c2cccc(S(=O)(=O)N(CC)CC)c2)cc1OCCC. The second-order valence-electron chi connectivity index (χ2n) is 6.93. The maximum atomic E-state index is 12.8. The monoisotopic (exact) mass is 448 g/mol. The maximum Gasteiger partial charge on any atom is 0.255 e. The predicted molar refractivity (Wildman–Crippen MR) is 123 cm³/mol. The largest absolute Gasteiger partial charge is 0.490 e. The molecule has 1 N–H and O–H groups in total. The topological polar surface area (TPSA) is 84.9 Å². The zero-order valence-electron chi connectivity index (χ0n) is 18.7. The number of sulfonamides is 1. The molecule has 0 unspecified atom stereocenters. The molecule has 0 radical (unpaired) electrons. The fourth-order valence-corrected chi connectivity index (χ4v) is 4.46. The first-order valence-electron chi connectivity index (χ1n) is 10.7. The first kappa shape index (κ1) is 24.7. The normalized spacial score (nSPS) is 11.4. The summed E-state index contributed by atoms with van der Waals surface area (Å²) in [7, 11) is -3.64. The van der Waals surface area contributed by atoms with Crippen molar-refractivity contribution in [1.29, 1.82) is 0 Å². The first-order valence-corrected chi connectivity index (χ1v) is 12.1. The van der Waals surface area contributed by atoms with E-state index >= 15 is 0 Å². The van der Waals surface area contributed by atoms with Gasteiger partial charge in [-0.1, -0.05) is 33.8 Å². The number of benzene rings is 2. The predicted octanol–water partition coefficient (Wildman–Crippen LogP) is 4.55. The van der Waals surface area contributed by atoms with Crippen LogP contribution in [0.2, 0.25) is 0 Å². The summed E-state index contributed by atoms with van der Waals surface area (Å²) < 4.78 is 38.4. The van der Waals surface area contributed by atoms with Crippen molar-refractivity contribution in [3.63, 3.8) is 0 Å². The third kappa shape index (κ3) is 6.45. The van der Waals surface area contributed by atoms with Gasteiger partial charge in [-0.05, 0) is 43.2 Å². The number of hydrogen-bond donors (Lipinski definition) is 1. The molecule has 1 amide bonds. The van der Waals surface area contributed by atoms with Crippen molar-refractivity contribution in [3.05, 3.63) is 48.0 Å². The van der Waals surface area contributed by atoms with E-state index in [0.717, 1.165) is 12.8 Å². The lowest BCUT2D eigenvalue weighted by atomic mass is 10.2. The molecule has 0 aromatic heterocycles. The number of nitrogens with zero attached hydrogens (tertiary/aromatic N) is 1. The molecule has 0 saturated heterocycles. The maximum absolute atomic E-state index is 12.8. The molecule has 31 heavy (non-hydrogen) atoms. The number of rotatable bonds is 12. The second-order valence-corrected chi connectivity index (χ2v) is 8.87. The van der Waals surface area contributed by atoms with E-state index in [1.807, 2.05) is 13.8 Å². The quantitative estimate of drug-likeness (QED) is 0.515. The minimum Gasteiger partial charge on any atom is -0.490 e. The van der Waals surface area contributed by atoms with Crippen molar-refractivity contribution >= 4 is 21.6 Å². The molecule has 0 aliphatic rings. The van der Waals surface area contributed by atoms with E-state index in [2.05, 4.69) is 5.32 Å². The van der Waals surface area contributed by atoms with Crippen LogP contribution in [0.1, 0.15) is 50.9 Å². The summed E-state index contributed by atoms with van der Waals surface area (Å²) in [5.41, 5.74) is 0.799. The molecule has 170 valence electrons. The third-order valence-electron chi connectivity index (χ3n) is 4.56. The van der Waals surface area contributed by atoms with E-state index in [1.165, 1.54) is 16.4 Å². The van der Waals surface area contributed by atoms with Gasteiger partial charge in [0.25, 0.3) is 5.91 Å². The van der Waals surface area contributed by atoms with Gasteiger partial charge in [0.05, 0.1) is 18.1 Å². The van der Waals surface area contributed by atoms with Gasteiger partial charge in [0.2, 0.25) is 10.0 Å². The number of anilines is 1. The van der Waals surface area contributed by atoms with Crippen LogP contribution in [-0.2, 0) is 10.0 Å². The Labute approximate surface area is 185 Å². The van der Waals surface area contributed by atoms with Gasteiger partial charge in [-0.15, -0.1) is 0 Å².